The smallest absolute Gasteiger partial charge is 0.356 e. The number of rotatable bonds is 6. The molecule has 0 radical (unpaired) electrons. The molecule has 2 aromatic carbocycles. The van der Waals surface area contributed by atoms with E-state index in [2.05, 4.69) is 22.1 Å². The van der Waals surface area contributed by atoms with Gasteiger partial charge in [0, 0.05) is 36.1 Å². The minimum Gasteiger partial charge on any atom is -0.497 e. The van der Waals surface area contributed by atoms with Crippen molar-refractivity contribution in [3.8, 4) is 5.75 Å². The van der Waals surface area contributed by atoms with Crippen LogP contribution in [0.25, 0.3) is 10.9 Å². The highest BCUT2D eigenvalue weighted by atomic mass is 19.1. The van der Waals surface area contributed by atoms with Gasteiger partial charge in [0.15, 0.2) is 0 Å². The molecule has 0 bridgehead atoms. The molecule has 1 aliphatic heterocycles. The van der Waals surface area contributed by atoms with Gasteiger partial charge in [0.1, 0.15) is 17.3 Å². The maximum absolute atomic E-state index is 13.6. The summed E-state index contributed by atoms with van der Waals surface area (Å²) >= 11 is 0. The zero-order valence-corrected chi connectivity index (χ0v) is 18.3. The summed E-state index contributed by atoms with van der Waals surface area (Å²) in [5, 5.41) is 3.56. The van der Waals surface area contributed by atoms with E-state index >= 15 is 0 Å². The molecule has 1 aliphatic rings. The maximum atomic E-state index is 13.6. The van der Waals surface area contributed by atoms with Crippen molar-refractivity contribution in [1.82, 2.24) is 4.98 Å². The number of aromatic amines is 1. The molecule has 168 valence electrons. The molecule has 1 aromatic heterocycles. The van der Waals surface area contributed by atoms with Crippen molar-refractivity contribution in [1.29, 1.82) is 0 Å². The second-order valence-corrected chi connectivity index (χ2v) is 7.93. The third-order valence-electron chi connectivity index (χ3n) is 5.95. The number of hydrogen-bond donors (Lipinski definition) is 2. The standard InChI is InChI=1S/C24H26FN3O4/c1-14-4-5-15-12-16(25)6-9-20(15)28(14)11-10-21(29)27-22-18-8-7-17(31-2)13-19(18)26-23(22)24(30)32-3/h6-9,12-14,26H,4-5,10-11H2,1-3H3,(H,27,29). The third kappa shape index (κ3) is 4.12. The summed E-state index contributed by atoms with van der Waals surface area (Å²) in [6.45, 7) is 2.59. The number of carbonyl (C=O) groups excluding carboxylic acids is 2. The van der Waals surface area contributed by atoms with Gasteiger partial charge in [-0.05, 0) is 55.7 Å². The largest absolute Gasteiger partial charge is 0.497 e. The molecule has 2 N–H and O–H groups in total. The summed E-state index contributed by atoms with van der Waals surface area (Å²) in [5.74, 6) is -0.422. The molecule has 32 heavy (non-hydrogen) atoms. The number of esters is 1. The Labute approximate surface area is 185 Å². The molecule has 1 amide bonds. The van der Waals surface area contributed by atoms with Crippen LogP contribution in [0.4, 0.5) is 15.8 Å². The molecule has 0 aliphatic carbocycles. The molecule has 1 atom stereocenters. The predicted molar refractivity (Wildman–Crippen MR) is 121 cm³/mol. The number of methoxy groups -OCH3 is 2. The number of halogens is 1. The first-order valence-electron chi connectivity index (χ1n) is 10.5. The van der Waals surface area contributed by atoms with Gasteiger partial charge in [0.25, 0.3) is 0 Å². The minimum atomic E-state index is -0.573. The fourth-order valence-corrected chi connectivity index (χ4v) is 4.25. The second-order valence-electron chi connectivity index (χ2n) is 7.93. The SMILES string of the molecule is COC(=O)c1[nH]c2cc(OC)ccc2c1NC(=O)CCN1c2ccc(F)cc2CCC1C. The molecule has 7 nitrogen and oxygen atoms in total. The average Bonchev–Trinajstić information content (AvgIpc) is 3.15. The lowest BCUT2D eigenvalue weighted by molar-refractivity contribution is -0.116. The van der Waals surface area contributed by atoms with Gasteiger partial charge >= 0.3 is 5.97 Å². The van der Waals surface area contributed by atoms with Crippen molar-refractivity contribution in [2.24, 2.45) is 0 Å². The molecule has 2 heterocycles. The maximum Gasteiger partial charge on any atom is 0.356 e. The molecular formula is C24H26FN3O4. The second kappa shape index (κ2) is 8.90. The van der Waals surface area contributed by atoms with Gasteiger partial charge in [0.2, 0.25) is 5.91 Å². The van der Waals surface area contributed by atoms with E-state index in [0.29, 0.717) is 28.9 Å². The van der Waals surface area contributed by atoms with Crippen LogP contribution in [0.1, 0.15) is 35.8 Å². The van der Waals surface area contributed by atoms with Crippen molar-refractivity contribution in [2.75, 3.05) is 31.0 Å². The zero-order valence-electron chi connectivity index (χ0n) is 18.3. The molecular weight excluding hydrogens is 413 g/mol. The Kier molecular flexibility index (Phi) is 6.03. The van der Waals surface area contributed by atoms with E-state index in [1.807, 2.05) is 0 Å². The fourth-order valence-electron chi connectivity index (χ4n) is 4.25. The number of H-pyrrole nitrogens is 1. The lowest BCUT2D eigenvalue weighted by Gasteiger charge is -2.37. The predicted octanol–water partition coefficient (Wildman–Crippen LogP) is 4.27. The van der Waals surface area contributed by atoms with Crippen molar-refractivity contribution in [3.05, 3.63) is 53.5 Å². The number of amides is 1. The van der Waals surface area contributed by atoms with E-state index in [1.54, 1.807) is 37.4 Å². The van der Waals surface area contributed by atoms with Crippen LogP contribution in [0, 0.1) is 5.82 Å². The fraction of sp³-hybridized carbons (Fsp3) is 0.333. The number of aryl methyl sites for hydroxylation is 1. The van der Waals surface area contributed by atoms with Gasteiger partial charge in [-0.25, -0.2) is 9.18 Å². The summed E-state index contributed by atoms with van der Waals surface area (Å²) in [6, 6.07) is 10.3. The number of hydrogen-bond acceptors (Lipinski definition) is 5. The number of nitrogens with zero attached hydrogens (tertiary/aromatic N) is 1. The summed E-state index contributed by atoms with van der Waals surface area (Å²) < 4.78 is 23.7. The monoisotopic (exact) mass is 439 g/mol. The highest BCUT2D eigenvalue weighted by molar-refractivity contribution is 6.11. The number of benzene rings is 2. The van der Waals surface area contributed by atoms with Crippen LogP contribution < -0.4 is 15.0 Å². The Morgan fingerprint density at radius 2 is 2.03 bits per heavy atom. The highest BCUT2D eigenvalue weighted by Gasteiger charge is 2.25. The van der Waals surface area contributed by atoms with Gasteiger partial charge in [0.05, 0.1) is 25.4 Å². The number of aromatic nitrogens is 1. The van der Waals surface area contributed by atoms with Gasteiger partial charge in [-0.2, -0.15) is 0 Å². The van der Waals surface area contributed by atoms with Crippen LogP contribution in [0.3, 0.4) is 0 Å². The number of nitrogens with one attached hydrogen (secondary N) is 2. The Morgan fingerprint density at radius 3 is 2.78 bits per heavy atom. The van der Waals surface area contributed by atoms with E-state index in [9.17, 15) is 14.0 Å². The Balaban J connectivity index is 1.54. The van der Waals surface area contributed by atoms with Crippen LogP contribution in [-0.2, 0) is 16.0 Å². The lowest BCUT2D eigenvalue weighted by Crippen LogP contribution is -2.39. The normalized spacial score (nSPS) is 15.4. The molecule has 0 saturated heterocycles. The Hall–Kier alpha value is -3.55. The molecule has 3 aromatic rings. The molecule has 1 unspecified atom stereocenters. The summed E-state index contributed by atoms with van der Waals surface area (Å²) in [7, 11) is 2.85. The minimum absolute atomic E-state index is 0.177. The van der Waals surface area contributed by atoms with Crippen molar-refractivity contribution < 1.29 is 23.5 Å². The van der Waals surface area contributed by atoms with Crippen LogP contribution in [-0.4, -0.2) is 43.7 Å². The molecule has 0 fully saturated rings. The highest BCUT2D eigenvalue weighted by Crippen LogP contribution is 2.33. The number of carbonyl (C=O) groups is 2. The average molecular weight is 439 g/mol. The summed E-state index contributed by atoms with van der Waals surface area (Å²) in [5.41, 5.74) is 3.14. The topological polar surface area (TPSA) is 83.7 Å². The van der Waals surface area contributed by atoms with Gasteiger partial charge in [-0.15, -0.1) is 0 Å². The van der Waals surface area contributed by atoms with Crippen molar-refractivity contribution in [2.45, 2.75) is 32.2 Å². The summed E-state index contributed by atoms with van der Waals surface area (Å²) in [4.78, 5) is 30.3. The Morgan fingerprint density at radius 1 is 1.22 bits per heavy atom. The first-order valence-corrected chi connectivity index (χ1v) is 10.5. The van der Waals surface area contributed by atoms with E-state index in [0.717, 1.165) is 24.1 Å². The zero-order chi connectivity index (χ0) is 22.8. The quantitative estimate of drug-likeness (QED) is 0.561. The van der Waals surface area contributed by atoms with Crippen LogP contribution >= 0.6 is 0 Å². The van der Waals surface area contributed by atoms with E-state index in [4.69, 9.17) is 9.47 Å². The van der Waals surface area contributed by atoms with E-state index in [-0.39, 0.29) is 29.9 Å². The molecule has 0 spiro atoms. The van der Waals surface area contributed by atoms with Crippen LogP contribution in [0.15, 0.2) is 36.4 Å². The molecule has 8 heteroatoms. The van der Waals surface area contributed by atoms with Gasteiger partial charge < -0.3 is 24.7 Å². The van der Waals surface area contributed by atoms with Crippen molar-refractivity contribution >= 4 is 34.2 Å². The number of ether oxygens (including phenoxy) is 2. The van der Waals surface area contributed by atoms with Crippen LogP contribution in [0.2, 0.25) is 0 Å². The first-order chi connectivity index (χ1) is 15.4. The Bertz CT molecular complexity index is 1170. The van der Waals surface area contributed by atoms with Crippen LogP contribution in [0.5, 0.6) is 5.75 Å². The van der Waals surface area contributed by atoms with Gasteiger partial charge in [-0.1, -0.05) is 0 Å². The van der Waals surface area contributed by atoms with E-state index < -0.39 is 5.97 Å². The molecule has 0 saturated carbocycles. The first kappa shape index (κ1) is 21.7. The molecule has 4 rings (SSSR count). The summed E-state index contributed by atoms with van der Waals surface area (Å²) in [6.07, 6.45) is 1.93. The third-order valence-corrected chi connectivity index (χ3v) is 5.95. The van der Waals surface area contributed by atoms with Crippen molar-refractivity contribution in [3.63, 3.8) is 0 Å². The van der Waals surface area contributed by atoms with E-state index in [1.165, 1.54) is 13.2 Å². The number of anilines is 2. The lowest BCUT2D eigenvalue weighted by atomic mass is 9.96. The van der Waals surface area contributed by atoms with Gasteiger partial charge in [-0.3, -0.25) is 4.79 Å². The number of fused-ring (bicyclic) bond motifs is 2.